The molecule has 1 unspecified atom stereocenters. The fourth-order valence-electron chi connectivity index (χ4n) is 2.24. The van der Waals surface area contributed by atoms with E-state index in [-0.39, 0.29) is 0 Å². The van der Waals surface area contributed by atoms with Crippen LogP contribution in [-0.2, 0) is 11.2 Å². The lowest BCUT2D eigenvalue weighted by molar-refractivity contribution is -0.118. The van der Waals surface area contributed by atoms with E-state index in [9.17, 15) is 4.79 Å². The van der Waals surface area contributed by atoms with Crippen molar-refractivity contribution < 1.29 is 9.21 Å². The van der Waals surface area contributed by atoms with Crippen molar-refractivity contribution in [2.24, 2.45) is 5.92 Å². The van der Waals surface area contributed by atoms with Crippen LogP contribution >= 0.6 is 0 Å². The maximum Gasteiger partial charge on any atom is 0.137 e. The fraction of sp³-hybridized carbons (Fsp3) is 0.615. The van der Waals surface area contributed by atoms with Crippen molar-refractivity contribution >= 4 is 5.78 Å². The number of furan rings is 1. The molecule has 0 amide bonds. The highest BCUT2D eigenvalue weighted by Gasteiger charge is 2.14. The molecule has 0 aliphatic carbocycles. The largest absolute Gasteiger partial charge is 0.472 e. The van der Waals surface area contributed by atoms with Gasteiger partial charge in [0.2, 0.25) is 0 Å². The van der Waals surface area contributed by atoms with Crippen molar-refractivity contribution in [3.8, 4) is 0 Å². The SMILES string of the molecule is O=C(CCC1CCCNC1)Cc1ccoc1. The second-order valence-corrected chi connectivity index (χ2v) is 4.60. The topological polar surface area (TPSA) is 42.2 Å². The standard InChI is InChI=1S/C13H19NO2/c15-13(8-12-5-7-16-10-12)4-3-11-2-1-6-14-9-11/h5,7,10-11,14H,1-4,6,8-9H2. The van der Waals surface area contributed by atoms with Crippen molar-refractivity contribution in [1.29, 1.82) is 0 Å². The van der Waals surface area contributed by atoms with E-state index in [1.165, 1.54) is 12.8 Å². The molecular formula is C13H19NO2. The van der Waals surface area contributed by atoms with Gasteiger partial charge >= 0.3 is 0 Å². The molecule has 2 rings (SSSR count). The zero-order valence-corrected chi connectivity index (χ0v) is 9.58. The smallest absolute Gasteiger partial charge is 0.137 e. The Hall–Kier alpha value is -1.09. The predicted octanol–water partition coefficient (Wildman–Crippen LogP) is 2.17. The molecule has 0 spiro atoms. The van der Waals surface area contributed by atoms with Crippen molar-refractivity contribution in [2.45, 2.75) is 32.1 Å². The Morgan fingerprint density at radius 3 is 3.19 bits per heavy atom. The highest BCUT2D eigenvalue weighted by atomic mass is 16.3. The quantitative estimate of drug-likeness (QED) is 0.828. The summed E-state index contributed by atoms with van der Waals surface area (Å²) in [4.78, 5) is 11.7. The normalized spacial score (nSPS) is 20.9. The highest BCUT2D eigenvalue weighted by molar-refractivity contribution is 5.80. The minimum Gasteiger partial charge on any atom is -0.472 e. The number of carbonyl (C=O) groups excluding carboxylic acids is 1. The van der Waals surface area contributed by atoms with Gasteiger partial charge in [-0.05, 0) is 49.9 Å². The number of rotatable bonds is 5. The van der Waals surface area contributed by atoms with Gasteiger partial charge in [-0.25, -0.2) is 0 Å². The van der Waals surface area contributed by atoms with Crippen LogP contribution < -0.4 is 5.32 Å². The van der Waals surface area contributed by atoms with Gasteiger partial charge in [-0.2, -0.15) is 0 Å². The average Bonchev–Trinajstić information content (AvgIpc) is 2.81. The first-order valence-corrected chi connectivity index (χ1v) is 6.08. The van der Waals surface area contributed by atoms with Gasteiger partial charge in [0.25, 0.3) is 0 Å². The van der Waals surface area contributed by atoms with Crippen LogP contribution in [0.1, 0.15) is 31.2 Å². The summed E-state index contributed by atoms with van der Waals surface area (Å²) in [6.45, 7) is 2.22. The first-order chi connectivity index (χ1) is 7.84. The molecule has 1 aliphatic rings. The zero-order valence-electron chi connectivity index (χ0n) is 9.58. The molecule has 1 aromatic rings. The lowest BCUT2D eigenvalue weighted by Gasteiger charge is -2.22. The van der Waals surface area contributed by atoms with Crippen LogP contribution in [0.5, 0.6) is 0 Å². The number of hydrogen-bond acceptors (Lipinski definition) is 3. The number of nitrogens with one attached hydrogen (secondary N) is 1. The molecule has 1 fully saturated rings. The molecule has 1 saturated heterocycles. The van der Waals surface area contributed by atoms with Gasteiger partial charge in [0, 0.05) is 12.8 Å². The van der Waals surface area contributed by atoms with Crippen LogP contribution in [0.2, 0.25) is 0 Å². The van der Waals surface area contributed by atoms with Gasteiger partial charge in [-0.1, -0.05) is 0 Å². The highest BCUT2D eigenvalue weighted by Crippen LogP contribution is 2.16. The molecule has 88 valence electrons. The van der Waals surface area contributed by atoms with Crippen molar-refractivity contribution in [1.82, 2.24) is 5.32 Å². The molecule has 1 aliphatic heterocycles. The number of Topliss-reactive ketones (excluding diaryl/α,β-unsaturated/α-hetero) is 1. The van der Waals surface area contributed by atoms with Crippen molar-refractivity contribution in [3.63, 3.8) is 0 Å². The second kappa shape index (κ2) is 5.85. The van der Waals surface area contributed by atoms with Crippen LogP contribution in [0.4, 0.5) is 0 Å². The second-order valence-electron chi connectivity index (χ2n) is 4.60. The number of carbonyl (C=O) groups is 1. The minimum atomic E-state index is 0.326. The molecular weight excluding hydrogens is 202 g/mol. The molecule has 3 heteroatoms. The third-order valence-corrected chi connectivity index (χ3v) is 3.21. The summed E-state index contributed by atoms with van der Waals surface area (Å²) in [6.07, 6.45) is 8.05. The van der Waals surface area contributed by atoms with Gasteiger partial charge in [0.15, 0.2) is 0 Å². The van der Waals surface area contributed by atoms with Crippen LogP contribution in [0.3, 0.4) is 0 Å². The maximum absolute atomic E-state index is 11.7. The van der Waals surface area contributed by atoms with E-state index in [0.717, 1.165) is 25.1 Å². The Labute approximate surface area is 96.2 Å². The molecule has 0 bridgehead atoms. The molecule has 1 aromatic heterocycles. The average molecular weight is 221 g/mol. The van der Waals surface area contributed by atoms with E-state index in [4.69, 9.17) is 4.42 Å². The summed E-state index contributed by atoms with van der Waals surface area (Å²) >= 11 is 0. The molecule has 0 saturated carbocycles. The lowest BCUT2D eigenvalue weighted by atomic mass is 9.93. The summed E-state index contributed by atoms with van der Waals surface area (Å²) in [5, 5.41) is 3.38. The molecule has 0 radical (unpaired) electrons. The number of piperidine rings is 1. The minimum absolute atomic E-state index is 0.326. The number of ketones is 1. The Morgan fingerprint density at radius 2 is 2.50 bits per heavy atom. The predicted molar refractivity (Wildman–Crippen MR) is 62.2 cm³/mol. The number of hydrogen-bond donors (Lipinski definition) is 1. The van der Waals surface area contributed by atoms with E-state index in [1.54, 1.807) is 12.5 Å². The van der Waals surface area contributed by atoms with E-state index in [1.807, 2.05) is 6.07 Å². The van der Waals surface area contributed by atoms with E-state index in [2.05, 4.69) is 5.32 Å². The summed E-state index contributed by atoms with van der Waals surface area (Å²) in [6, 6.07) is 1.86. The molecule has 16 heavy (non-hydrogen) atoms. The Kier molecular flexibility index (Phi) is 4.17. The van der Waals surface area contributed by atoms with Crippen molar-refractivity contribution in [3.05, 3.63) is 24.2 Å². The Balaban J connectivity index is 1.67. The zero-order chi connectivity index (χ0) is 11.2. The third kappa shape index (κ3) is 3.49. The van der Waals surface area contributed by atoms with Crippen LogP contribution in [0.25, 0.3) is 0 Å². The van der Waals surface area contributed by atoms with Crippen LogP contribution in [-0.4, -0.2) is 18.9 Å². The maximum atomic E-state index is 11.7. The Bertz CT molecular complexity index is 313. The summed E-state index contributed by atoms with van der Waals surface area (Å²) < 4.78 is 4.95. The first-order valence-electron chi connectivity index (χ1n) is 6.08. The molecule has 1 atom stereocenters. The molecule has 2 heterocycles. The molecule has 3 nitrogen and oxygen atoms in total. The monoisotopic (exact) mass is 221 g/mol. The molecule has 0 aromatic carbocycles. The van der Waals surface area contributed by atoms with Crippen LogP contribution in [0.15, 0.2) is 23.0 Å². The van der Waals surface area contributed by atoms with Gasteiger partial charge in [-0.3, -0.25) is 4.79 Å². The summed E-state index contributed by atoms with van der Waals surface area (Å²) in [7, 11) is 0. The van der Waals surface area contributed by atoms with E-state index >= 15 is 0 Å². The summed E-state index contributed by atoms with van der Waals surface area (Å²) in [5.74, 6) is 1.02. The van der Waals surface area contributed by atoms with Gasteiger partial charge in [0.05, 0.1) is 12.5 Å². The fourth-order valence-corrected chi connectivity index (χ4v) is 2.24. The van der Waals surface area contributed by atoms with E-state index in [0.29, 0.717) is 24.5 Å². The van der Waals surface area contributed by atoms with Gasteiger partial charge < -0.3 is 9.73 Å². The Morgan fingerprint density at radius 1 is 1.56 bits per heavy atom. The van der Waals surface area contributed by atoms with E-state index < -0.39 is 0 Å². The first kappa shape index (κ1) is 11.4. The lowest BCUT2D eigenvalue weighted by Crippen LogP contribution is -2.30. The van der Waals surface area contributed by atoms with Gasteiger partial charge in [-0.15, -0.1) is 0 Å². The van der Waals surface area contributed by atoms with Crippen LogP contribution in [0, 0.1) is 5.92 Å². The van der Waals surface area contributed by atoms with Crippen molar-refractivity contribution in [2.75, 3.05) is 13.1 Å². The molecule has 1 N–H and O–H groups in total. The third-order valence-electron chi connectivity index (χ3n) is 3.21. The van der Waals surface area contributed by atoms with Gasteiger partial charge in [0.1, 0.15) is 5.78 Å². The summed E-state index contributed by atoms with van der Waals surface area (Å²) in [5.41, 5.74) is 0.992.